The second-order valence-electron chi connectivity index (χ2n) is 20.9. The summed E-state index contributed by atoms with van der Waals surface area (Å²) in [6.45, 7) is 2.52. The van der Waals surface area contributed by atoms with E-state index < -0.39 is 99.3 Å². The number of allylic oxidation sites excluding steroid dienone is 3. The van der Waals surface area contributed by atoms with Gasteiger partial charge in [-0.1, -0.05) is 231 Å². The molecule has 0 radical (unpaired) electrons. The van der Waals surface area contributed by atoms with Gasteiger partial charge in [-0.25, -0.2) is 4.79 Å². The van der Waals surface area contributed by atoms with Crippen LogP contribution in [0.2, 0.25) is 0 Å². The fourth-order valence-corrected chi connectivity index (χ4v) is 9.48. The van der Waals surface area contributed by atoms with Crippen LogP contribution in [0.15, 0.2) is 24.3 Å². The third-order valence-electron chi connectivity index (χ3n) is 14.3. The Morgan fingerprint density at radius 2 is 0.863 bits per heavy atom. The van der Waals surface area contributed by atoms with Crippen molar-refractivity contribution < 1.29 is 73.8 Å². The molecule has 7 N–H and O–H groups in total. The molecule has 2 aliphatic heterocycles. The molecule has 0 bridgehead atoms. The lowest BCUT2D eigenvalue weighted by Crippen LogP contribution is -2.61. The first-order valence-corrected chi connectivity index (χ1v) is 29.5. The molecule has 2 aliphatic rings. The number of hydrogen-bond donors (Lipinski definition) is 7. The van der Waals surface area contributed by atoms with E-state index in [0.717, 1.165) is 38.5 Å². The fraction of sp³-hybridized carbons (Fsp3) is 0.897. The standard InChI is InChI=1S/C58H106O15/c1-3-5-7-9-11-13-15-17-19-20-21-22-23-24-25-27-28-30-32-34-36-38-40-49(60)68-43-46(71-50(61)41-39-37-35-33-31-29-26-18-16-14-12-10-8-6-4-2)44-69-57-56(67)54(65)52(63)48(73-57)45-70-58-55(66)53(64)51(62)47(42-59)72-58/h35,37,39,41,46-48,51-59,62-67H,3-34,36,38,40,42-45H2,1-2H3/b37-35+,41-39+/t46-,47+,48+,51-,52-,53?,54?,55?,56?,57+,58+/m0/s1. The van der Waals surface area contributed by atoms with Crippen molar-refractivity contribution in [2.75, 3.05) is 26.4 Å². The number of aliphatic hydroxyl groups is 7. The van der Waals surface area contributed by atoms with Crippen LogP contribution in [0, 0.1) is 0 Å². The van der Waals surface area contributed by atoms with Crippen molar-refractivity contribution in [1.82, 2.24) is 0 Å². The lowest BCUT2D eigenvalue weighted by atomic mass is 9.98. The summed E-state index contributed by atoms with van der Waals surface area (Å²) in [5.74, 6) is -1.16. The van der Waals surface area contributed by atoms with Crippen LogP contribution in [0.1, 0.15) is 239 Å². The molecule has 2 heterocycles. The Morgan fingerprint density at radius 1 is 0.466 bits per heavy atom. The number of hydrogen-bond acceptors (Lipinski definition) is 15. The number of carbonyl (C=O) groups excluding carboxylic acids is 2. The maximum atomic E-state index is 12.9. The Bertz CT molecular complexity index is 1360. The molecule has 73 heavy (non-hydrogen) atoms. The van der Waals surface area contributed by atoms with Gasteiger partial charge in [0.1, 0.15) is 55.4 Å². The van der Waals surface area contributed by atoms with E-state index in [1.807, 2.05) is 6.08 Å². The second-order valence-corrected chi connectivity index (χ2v) is 20.9. The zero-order valence-electron chi connectivity index (χ0n) is 45.6. The first-order chi connectivity index (χ1) is 35.5. The van der Waals surface area contributed by atoms with Gasteiger partial charge >= 0.3 is 11.9 Å². The van der Waals surface area contributed by atoms with Crippen LogP contribution in [0.3, 0.4) is 0 Å². The molecule has 0 spiro atoms. The topological polar surface area (TPSA) is 231 Å². The maximum absolute atomic E-state index is 12.9. The van der Waals surface area contributed by atoms with Crippen LogP contribution in [-0.4, -0.2) is 142 Å². The summed E-state index contributed by atoms with van der Waals surface area (Å²) in [5.41, 5.74) is 0. The molecule has 0 aliphatic carbocycles. The molecule has 0 aromatic rings. The maximum Gasteiger partial charge on any atom is 0.331 e. The van der Waals surface area contributed by atoms with E-state index in [0.29, 0.717) is 6.42 Å². The molecule has 4 unspecified atom stereocenters. The minimum Gasteiger partial charge on any atom is -0.462 e. The molecule has 2 saturated heterocycles. The highest BCUT2D eigenvalue weighted by Gasteiger charge is 2.47. The molecule has 0 saturated carbocycles. The van der Waals surface area contributed by atoms with Crippen molar-refractivity contribution in [2.45, 2.75) is 306 Å². The molecule has 15 nitrogen and oxygen atoms in total. The van der Waals surface area contributed by atoms with Gasteiger partial charge in [0.15, 0.2) is 18.7 Å². The molecule has 15 heteroatoms. The van der Waals surface area contributed by atoms with Crippen molar-refractivity contribution in [1.29, 1.82) is 0 Å². The molecular formula is C58H106O15. The summed E-state index contributed by atoms with van der Waals surface area (Å²) in [6, 6.07) is 0. The minimum atomic E-state index is -1.78. The molecule has 428 valence electrons. The Balaban J connectivity index is 1.75. The highest BCUT2D eigenvalue weighted by Crippen LogP contribution is 2.27. The second kappa shape index (κ2) is 45.0. The van der Waals surface area contributed by atoms with Crippen molar-refractivity contribution in [2.24, 2.45) is 0 Å². The Hall–Kier alpha value is -2.02. The molecule has 2 rings (SSSR count). The molecular weight excluding hydrogens is 937 g/mol. The van der Waals surface area contributed by atoms with Gasteiger partial charge in [-0.05, 0) is 19.3 Å². The predicted molar refractivity (Wildman–Crippen MR) is 284 cm³/mol. The third kappa shape index (κ3) is 32.4. The van der Waals surface area contributed by atoms with E-state index in [-0.39, 0.29) is 13.0 Å². The van der Waals surface area contributed by atoms with E-state index in [4.69, 9.17) is 28.4 Å². The number of rotatable bonds is 47. The first-order valence-electron chi connectivity index (χ1n) is 29.5. The van der Waals surface area contributed by atoms with Gasteiger partial charge in [-0.15, -0.1) is 0 Å². The van der Waals surface area contributed by atoms with Crippen molar-refractivity contribution >= 4 is 11.9 Å². The molecule has 11 atom stereocenters. The van der Waals surface area contributed by atoms with E-state index in [2.05, 4.69) is 13.8 Å². The van der Waals surface area contributed by atoms with Crippen LogP contribution >= 0.6 is 0 Å². The predicted octanol–water partition coefficient (Wildman–Crippen LogP) is 9.89. The summed E-state index contributed by atoms with van der Waals surface area (Å²) in [7, 11) is 0. The largest absolute Gasteiger partial charge is 0.462 e. The van der Waals surface area contributed by atoms with Gasteiger partial charge in [0, 0.05) is 12.5 Å². The van der Waals surface area contributed by atoms with Crippen LogP contribution in [0.25, 0.3) is 0 Å². The third-order valence-corrected chi connectivity index (χ3v) is 14.3. The number of carbonyl (C=O) groups is 2. The first kappa shape index (κ1) is 67.1. The van der Waals surface area contributed by atoms with E-state index in [1.165, 1.54) is 179 Å². The zero-order chi connectivity index (χ0) is 53.2. The summed E-state index contributed by atoms with van der Waals surface area (Å²) in [5, 5.41) is 72.2. The number of ether oxygens (including phenoxy) is 6. The average Bonchev–Trinajstić information content (AvgIpc) is 3.38. The summed E-state index contributed by atoms with van der Waals surface area (Å²) in [6.07, 6.45) is 32.7. The van der Waals surface area contributed by atoms with Gasteiger partial charge in [-0.3, -0.25) is 4.79 Å². The molecule has 0 aromatic carbocycles. The van der Waals surface area contributed by atoms with Gasteiger partial charge in [0.25, 0.3) is 0 Å². The van der Waals surface area contributed by atoms with Gasteiger partial charge in [-0.2, -0.15) is 0 Å². The molecule has 2 fully saturated rings. The van der Waals surface area contributed by atoms with Crippen LogP contribution < -0.4 is 0 Å². The lowest BCUT2D eigenvalue weighted by Gasteiger charge is -2.42. The van der Waals surface area contributed by atoms with Crippen molar-refractivity contribution in [3.05, 3.63) is 24.3 Å². The van der Waals surface area contributed by atoms with E-state index >= 15 is 0 Å². The van der Waals surface area contributed by atoms with Crippen molar-refractivity contribution in [3.63, 3.8) is 0 Å². The lowest BCUT2D eigenvalue weighted by molar-refractivity contribution is -0.332. The van der Waals surface area contributed by atoms with Crippen LogP contribution in [0.4, 0.5) is 0 Å². The Kier molecular flexibility index (Phi) is 41.4. The van der Waals surface area contributed by atoms with Gasteiger partial charge in [0.05, 0.1) is 19.8 Å². The summed E-state index contributed by atoms with van der Waals surface area (Å²) in [4.78, 5) is 25.8. The zero-order valence-corrected chi connectivity index (χ0v) is 45.6. The SMILES string of the molecule is CCCCCCCCCCCCC/C=C/C=C/C(=O)O[C@@H](COC(=O)CCCCCCCCCCCCCCCCCCCCCCCC)CO[C@@H]1O[C@H](CO[C@@H]2O[C@H](CO)[C@H](O)C(O)C2O)[C@H](O)C(O)C1O. The van der Waals surface area contributed by atoms with Gasteiger partial charge < -0.3 is 64.2 Å². The molecule has 0 aromatic heterocycles. The Morgan fingerprint density at radius 3 is 1.32 bits per heavy atom. The minimum absolute atomic E-state index is 0.203. The van der Waals surface area contributed by atoms with E-state index in [9.17, 15) is 45.3 Å². The quantitative estimate of drug-likeness (QED) is 0.0130. The van der Waals surface area contributed by atoms with E-state index in [1.54, 1.807) is 12.2 Å². The smallest absolute Gasteiger partial charge is 0.331 e. The fourth-order valence-electron chi connectivity index (χ4n) is 9.48. The monoisotopic (exact) mass is 1040 g/mol. The van der Waals surface area contributed by atoms with Crippen molar-refractivity contribution in [3.8, 4) is 0 Å². The number of aliphatic hydroxyl groups excluding tert-OH is 7. The number of esters is 2. The Labute approximate surface area is 441 Å². The highest BCUT2D eigenvalue weighted by molar-refractivity contribution is 5.82. The molecule has 0 amide bonds. The summed E-state index contributed by atoms with van der Waals surface area (Å²) >= 11 is 0. The van der Waals surface area contributed by atoms with Gasteiger partial charge in [0.2, 0.25) is 0 Å². The van der Waals surface area contributed by atoms with Crippen LogP contribution in [0.5, 0.6) is 0 Å². The highest BCUT2D eigenvalue weighted by atomic mass is 16.7. The average molecular weight is 1040 g/mol. The summed E-state index contributed by atoms with van der Waals surface area (Å²) < 4.78 is 33.5. The normalized spacial score (nSPS) is 24.9. The van der Waals surface area contributed by atoms with Crippen LogP contribution in [-0.2, 0) is 38.0 Å². The number of unbranched alkanes of at least 4 members (excludes halogenated alkanes) is 32.